The largest absolute Gasteiger partial charge is 0.350 e. The van der Waals surface area contributed by atoms with E-state index in [9.17, 15) is 14.4 Å². The molecule has 1 saturated carbocycles. The van der Waals surface area contributed by atoms with Gasteiger partial charge in [0, 0.05) is 16.6 Å². The minimum Gasteiger partial charge on any atom is -0.350 e. The third kappa shape index (κ3) is 4.28. The Kier molecular flexibility index (Phi) is 5.65. The second-order valence-corrected chi connectivity index (χ2v) is 9.61. The van der Waals surface area contributed by atoms with Crippen molar-refractivity contribution in [2.45, 2.75) is 52.1 Å². The van der Waals surface area contributed by atoms with E-state index in [2.05, 4.69) is 31.4 Å². The SMILES string of the molecule is C[C@H]1CC(C)(C)C[C@@]2(C1)NC(=O)N(CC(=O)NCc1ccc(Cl)cc1Cl)C2=O. The second-order valence-electron chi connectivity index (χ2n) is 8.77. The topological polar surface area (TPSA) is 78.5 Å². The minimum absolute atomic E-state index is 0.0514. The number of urea groups is 1. The monoisotopic (exact) mass is 425 g/mol. The number of hydrogen-bond donors (Lipinski definition) is 2. The summed E-state index contributed by atoms with van der Waals surface area (Å²) in [6, 6.07) is 4.49. The quantitative estimate of drug-likeness (QED) is 0.720. The summed E-state index contributed by atoms with van der Waals surface area (Å²) in [5, 5.41) is 6.53. The number of carbonyl (C=O) groups is 3. The number of nitrogens with one attached hydrogen (secondary N) is 2. The summed E-state index contributed by atoms with van der Waals surface area (Å²) < 4.78 is 0. The summed E-state index contributed by atoms with van der Waals surface area (Å²) in [5.74, 6) is -0.416. The highest BCUT2D eigenvalue weighted by molar-refractivity contribution is 6.35. The van der Waals surface area contributed by atoms with Gasteiger partial charge in [0.25, 0.3) is 5.91 Å². The predicted molar refractivity (Wildman–Crippen MR) is 108 cm³/mol. The van der Waals surface area contributed by atoms with Crippen LogP contribution in [0.1, 0.15) is 45.6 Å². The Bertz CT molecular complexity index is 827. The van der Waals surface area contributed by atoms with Crippen molar-refractivity contribution < 1.29 is 14.4 Å². The van der Waals surface area contributed by atoms with Crippen molar-refractivity contribution in [3.8, 4) is 0 Å². The van der Waals surface area contributed by atoms with Gasteiger partial charge in [0.2, 0.25) is 5.91 Å². The van der Waals surface area contributed by atoms with Crippen LogP contribution in [0, 0.1) is 11.3 Å². The van der Waals surface area contributed by atoms with Crippen molar-refractivity contribution in [1.29, 1.82) is 0 Å². The fourth-order valence-electron chi connectivity index (χ4n) is 4.71. The lowest BCUT2D eigenvalue weighted by atomic mass is 9.64. The van der Waals surface area contributed by atoms with Crippen LogP contribution in [0.3, 0.4) is 0 Å². The number of halogens is 2. The van der Waals surface area contributed by atoms with Crippen molar-refractivity contribution in [2.75, 3.05) is 6.54 Å². The third-order valence-electron chi connectivity index (χ3n) is 5.42. The first-order valence-electron chi connectivity index (χ1n) is 9.36. The van der Waals surface area contributed by atoms with E-state index in [1.165, 1.54) is 0 Å². The molecule has 2 fully saturated rings. The van der Waals surface area contributed by atoms with Gasteiger partial charge in [-0.3, -0.25) is 14.5 Å². The van der Waals surface area contributed by atoms with Gasteiger partial charge in [0.1, 0.15) is 12.1 Å². The van der Waals surface area contributed by atoms with Crippen LogP contribution in [0.25, 0.3) is 0 Å². The Morgan fingerprint density at radius 2 is 2.00 bits per heavy atom. The zero-order valence-corrected chi connectivity index (χ0v) is 17.8. The standard InChI is InChI=1S/C20H25Cl2N3O3/c1-12-7-19(2,3)11-20(8-12)17(27)25(18(28)24-20)10-16(26)23-9-13-4-5-14(21)6-15(13)22/h4-6,12H,7-11H2,1-3H3,(H,23,26)(H,24,28)/t12-,20+/m0/s1. The summed E-state index contributed by atoms with van der Waals surface area (Å²) >= 11 is 12.0. The van der Waals surface area contributed by atoms with E-state index in [0.717, 1.165) is 11.3 Å². The van der Waals surface area contributed by atoms with Gasteiger partial charge in [0.05, 0.1) is 0 Å². The molecule has 2 atom stereocenters. The average Bonchev–Trinajstić information content (AvgIpc) is 2.75. The van der Waals surface area contributed by atoms with E-state index >= 15 is 0 Å². The van der Waals surface area contributed by atoms with Crippen LogP contribution >= 0.6 is 23.2 Å². The van der Waals surface area contributed by atoms with Crippen molar-refractivity contribution in [3.05, 3.63) is 33.8 Å². The number of carbonyl (C=O) groups excluding carboxylic acids is 3. The zero-order chi connectivity index (χ0) is 20.7. The lowest BCUT2D eigenvalue weighted by Gasteiger charge is -2.43. The number of imide groups is 1. The molecular weight excluding hydrogens is 401 g/mol. The molecule has 0 radical (unpaired) electrons. The molecule has 6 nitrogen and oxygen atoms in total. The molecule has 1 aliphatic carbocycles. The van der Waals surface area contributed by atoms with Crippen LogP contribution in [0.2, 0.25) is 10.0 Å². The maximum atomic E-state index is 13.1. The summed E-state index contributed by atoms with van der Waals surface area (Å²) in [7, 11) is 0. The maximum absolute atomic E-state index is 13.1. The smallest absolute Gasteiger partial charge is 0.325 e. The van der Waals surface area contributed by atoms with Gasteiger partial charge < -0.3 is 10.6 Å². The predicted octanol–water partition coefficient (Wildman–Crippen LogP) is 3.75. The Morgan fingerprint density at radius 1 is 1.29 bits per heavy atom. The first-order valence-corrected chi connectivity index (χ1v) is 10.1. The van der Waals surface area contributed by atoms with Gasteiger partial charge in [-0.15, -0.1) is 0 Å². The lowest BCUT2D eigenvalue weighted by molar-refractivity contribution is -0.137. The van der Waals surface area contributed by atoms with Gasteiger partial charge in [-0.2, -0.15) is 0 Å². The first-order chi connectivity index (χ1) is 13.0. The molecule has 28 heavy (non-hydrogen) atoms. The van der Waals surface area contributed by atoms with Gasteiger partial charge in [-0.25, -0.2) is 4.79 Å². The Morgan fingerprint density at radius 3 is 2.64 bits per heavy atom. The molecule has 1 aromatic rings. The summed E-state index contributed by atoms with van der Waals surface area (Å²) in [5.41, 5.74) is -0.252. The van der Waals surface area contributed by atoms with Crippen molar-refractivity contribution in [3.63, 3.8) is 0 Å². The van der Waals surface area contributed by atoms with Crippen LogP contribution in [0.4, 0.5) is 4.79 Å². The molecular formula is C20H25Cl2N3O3. The summed E-state index contributed by atoms with van der Waals surface area (Å²) in [4.78, 5) is 38.9. The highest BCUT2D eigenvalue weighted by Crippen LogP contribution is 2.46. The zero-order valence-electron chi connectivity index (χ0n) is 16.3. The van der Waals surface area contributed by atoms with Gasteiger partial charge in [-0.05, 0) is 48.3 Å². The van der Waals surface area contributed by atoms with Crippen molar-refractivity contribution in [2.24, 2.45) is 11.3 Å². The summed E-state index contributed by atoms with van der Waals surface area (Å²) in [6.45, 7) is 6.18. The number of nitrogens with zero attached hydrogens (tertiary/aromatic N) is 1. The van der Waals surface area contributed by atoms with E-state index in [1.807, 2.05) is 0 Å². The molecule has 0 unspecified atom stereocenters. The molecule has 0 bridgehead atoms. The van der Waals surface area contributed by atoms with E-state index in [0.29, 0.717) is 34.4 Å². The maximum Gasteiger partial charge on any atom is 0.325 e. The normalized spacial score (nSPS) is 26.5. The fourth-order valence-corrected chi connectivity index (χ4v) is 5.18. The number of benzene rings is 1. The van der Waals surface area contributed by atoms with Crippen molar-refractivity contribution >= 4 is 41.0 Å². The van der Waals surface area contributed by atoms with Crippen LogP contribution < -0.4 is 10.6 Å². The lowest BCUT2D eigenvalue weighted by Crippen LogP contribution is -2.54. The Balaban J connectivity index is 1.65. The summed E-state index contributed by atoms with van der Waals surface area (Å²) in [6.07, 6.45) is 2.17. The van der Waals surface area contributed by atoms with Crippen LogP contribution in [0.15, 0.2) is 18.2 Å². The van der Waals surface area contributed by atoms with Gasteiger partial charge >= 0.3 is 6.03 Å². The Hall–Kier alpha value is -1.79. The van der Waals surface area contributed by atoms with Crippen LogP contribution in [-0.2, 0) is 16.1 Å². The Labute approximate surface area is 174 Å². The van der Waals surface area contributed by atoms with Crippen LogP contribution in [-0.4, -0.2) is 34.8 Å². The molecule has 2 aliphatic rings. The fraction of sp³-hybridized carbons (Fsp3) is 0.550. The molecule has 0 aromatic heterocycles. The third-order valence-corrected chi connectivity index (χ3v) is 6.00. The number of amides is 4. The van der Waals surface area contributed by atoms with E-state index in [4.69, 9.17) is 23.2 Å². The second kappa shape index (κ2) is 7.56. The molecule has 1 aliphatic heterocycles. The highest BCUT2D eigenvalue weighted by atomic mass is 35.5. The molecule has 3 rings (SSSR count). The van der Waals surface area contributed by atoms with Gasteiger partial charge in [-0.1, -0.05) is 50.0 Å². The molecule has 1 aromatic carbocycles. The van der Waals surface area contributed by atoms with E-state index in [1.54, 1.807) is 18.2 Å². The molecule has 152 valence electrons. The molecule has 4 amide bonds. The first kappa shape index (κ1) is 20.9. The number of hydrogen-bond acceptors (Lipinski definition) is 3. The molecule has 8 heteroatoms. The van der Waals surface area contributed by atoms with E-state index < -0.39 is 17.5 Å². The highest BCUT2D eigenvalue weighted by Gasteiger charge is 2.56. The molecule has 1 saturated heterocycles. The minimum atomic E-state index is -0.905. The molecule has 1 spiro atoms. The number of rotatable bonds is 4. The van der Waals surface area contributed by atoms with Crippen molar-refractivity contribution in [1.82, 2.24) is 15.5 Å². The molecule has 1 heterocycles. The molecule has 2 N–H and O–H groups in total. The van der Waals surface area contributed by atoms with Crippen LogP contribution in [0.5, 0.6) is 0 Å². The van der Waals surface area contributed by atoms with E-state index in [-0.39, 0.29) is 24.4 Å². The average molecular weight is 426 g/mol. The van der Waals surface area contributed by atoms with Gasteiger partial charge in [0.15, 0.2) is 0 Å².